The van der Waals surface area contributed by atoms with Crippen molar-refractivity contribution < 1.29 is 24.2 Å². The molecule has 0 bridgehead atoms. The smallest absolute Gasteiger partial charge is 0.339 e. The highest BCUT2D eigenvalue weighted by molar-refractivity contribution is 9.11. The molecule has 5 nitrogen and oxygen atoms in total. The zero-order valence-electron chi connectivity index (χ0n) is 19.5. The lowest BCUT2D eigenvalue weighted by Crippen LogP contribution is -2.41. The van der Waals surface area contributed by atoms with Gasteiger partial charge in [-0.2, -0.15) is 0 Å². The number of hydrogen-bond acceptors (Lipinski definition) is 3. The molecule has 3 aromatic rings. The van der Waals surface area contributed by atoms with Crippen molar-refractivity contribution in [3.05, 3.63) is 112 Å². The van der Waals surface area contributed by atoms with Crippen LogP contribution in [0.1, 0.15) is 34.8 Å². The number of nitrogens with zero attached hydrogens (tertiary/aromatic N) is 1. The number of carbonyl (C=O) groups excluding carboxylic acids is 1. The first-order valence-corrected chi connectivity index (χ1v) is 12.0. The molecule has 0 aromatic heterocycles. The first-order chi connectivity index (χ1) is 17.1. The maximum Gasteiger partial charge on any atom is 0.339 e. The highest BCUT2D eigenvalue weighted by Crippen LogP contribution is 2.34. The lowest BCUT2D eigenvalue weighted by Gasteiger charge is -2.33. The molecule has 2 N–H and O–H groups in total. The van der Waals surface area contributed by atoms with Crippen molar-refractivity contribution >= 4 is 27.8 Å². The molecule has 1 aliphatic rings. The molecule has 0 spiro atoms. The molecule has 0 fully saturated rings. The van der Waals surface area contributed by atoms with Crippen LogP contribution in [0.15, 0.2) is 77.3 Å². The number of aromatic hydroxyl groups is 1. The fraction of sp³-hybridized carbons (Fsp3) is 0.172. The van der Waals surface area contributed by atoms with E-state index in [2.05, 4.69) is 28.1 Å². The second kappa shape index (κ2) is 10.4. The Kier molecular flexibility index (Phi) is 7.27. The number of halogens is 2. The molecule has 7 heteroatoms. The summed E-state index contributed by atoms with van der Waals surface area (Å²) in [6.07, 6.45) is 6.27. The van der Waals surface area contributed by atoms with Gasteiger partial charge in [-0.3, -0.25) is 4.79 Å². The summed E-state index contributed by atoms with van der Waals surface area (Å²) >= 11 is 3.44. The largest absolute Gasteiger partial charge is 0.507 e. The van der Waals surface area contributed by atoms with Gasteiger partial charge in [0.25, 0.3) is 0 Å². The van der Waals surface area contributed by atoms with E-state index >= 15 is 0 Å². The van der Waals surface area contributed by atoms with Crippen LogP contribution in [-0.2, 0) is 17.9 Å². The fourth-order valence-electron chi connectivity index (χ4n) is 3.99. The Balaban J connectivity index is 1.59. The van der Waals surface area contributed by atoms with Crippen LogP contribution in [0, 0.1) is 23.4 Å². The summed E-state index contributed by atoms with van der Waals surface area (Å²) in [5.74, 6) is -1.94. The zero-order chi connectivity index (χ0) is 25.9. The summed E-state index contributed by atoms with van der Waals surface area (Å²) in [6.45, 7) is 2.45. The minimum atomic E-state index is -1.22. The number of hydrogen-bond donors (Lipinski definition) is 2. The highest BCUT2D eigenvalue weighted by Gasteiger charge is 2.35. The van der Waals surface area contributed by atoms with Crippen molar-refractivity contribution in [2.75, 3.05) is 0 Å². The van der Waals surface area contributed by atoms with E-state index in [1.165, 1.54) is 24.3 Å². The molecule has 1 amide bonds. The number of aromatic carboxylic acids is 1. The summed E-state index contributed by atoms with van der Waals surface area (Å²) < 4.78 is 14.4. The van der Waals surface area contributed by atoms with E-state index in [9.17, 15) is 24.2 Å². The van der Waals surface area contributed by atoms with Crippen LogP contribution in [0.25, 0.3) is 11.1 Å². The maximum absolute atomic E-state index is 13.7. The number of allylic oxidation sites excluding steroid dienone is 3. The first kappa shape index (κ1) is 25.2. The second-order valence-corrected chi connectivity index (χ2v) is 9.81. The summed E-state index contributed by atoms with van der Waals surface area (Å²) in [5, 5.41) is 19.0. The number of phenols is 1. The molecule has 0 heterocycles. The lowest BCUT2D eigenvalue weighted by atomic mass is 9.82. The number of benzene rings is 2. The van der Waals surface area contributed by atoms with E-state index in [0.717, 1.165) is 10.0 Å². The molecule has 4 rings (SSSR count). The van der Waals surface area contributed by atoms with Crippen LogP contribution in [-0.4, -0.2) is 27.0 Å². The first-order valence-electron chi connectivity index (χ1n) is 11.2. The lowest BCUT2D eigenvalue weighted by molar-refractivity contribution is -0.140. The Morgan fingerprint density at radius 1 is 1.08 bits per heavy atom. The predicted molar refractivity (Wildman–Crippen MR) is 138 cm³/mol. The third kappa shape index (κ3) is 5.67. The molecule has 36 heavy (non-hydrogen) atoms. The average Bonchev–Trinajstić information content (AvgIpc) is 2.87. The average molecular weight is 548 g/mol. The van der Waals surface area contributed by atoms with Gasteiger partial charge in [-0.25, -0.2) is 9.18 Å². The van der Waals surface area contributed by atoms with Crippen LogP contribution in [0.3, 0.4) is 0 Å². The Bertz CT molecular complexity index is 1350. The van der Waals surface area contributed by atoms with Gasteiger partial charge in [0, 0.05) is 22.2 Å². The van der Waals surface area contributed by atoms with Crippen LogP contribution >= 0.6 is 15.9 Å². The number of rotatable bonds is 7. The minimum absolute atomic E-state index is 0.0681. The van der Waals surface area contributed by atoms with Crippen molar-refractivity contribution in [2.24, 2.45) is 5.41 Å². The monoisotopic (exact) mass is 547 g/mol. The van der Waals surface area contributed by atoms with Gasteiger partial charge in [-0.1, -0.05) is 64.5 Å². The van der Waals surface area contributed by atoms with Gasteiger partial charge in [0.2, 0.25) is 5.91 Å². The van der Waals surface area contributed by atoms with E-state index in [1.807, 2.05) is 25.2 Å². The van der Waals surface area contributed by atoms with Crippen molar-refractivity contribution in [1.29, 1.82) is 0 Å². The Morgan fingerprint density at radius 2 is 1.83 bits per heavy atom. The quantitative estimate of drug-likeness (QED) is 0.365. The summed E-state index contributed by atoms with van der Waals surface area (Å²) in [6, 6.07) is 20.1. The predicted octanol–water partition coefficient (Wildman–Crippen LogP) is 6.27. The Hall–Kier alpha value is -3.89. The number of carboxylic acids is 1. The van der Waals surface area contributed by atoms with Crippen molar-refractivity contribution in [1.82, 2.24) is 4.90 Å². The van der Waals surface area contributed by atoms with Gasteiger partial charge in [0.15, 0.2) is 0 Å². The molecule has 1 atom stereocenters. The van der Waals surface area contributed by atoms with Gasteiger partial charge in [0.05, 0.1) is 12.0 Å². The molecular formula is C29H23BrFNO4. The topological polar surface area (TPSA) is 77.8 Å². The molecule has 0 aliphatic heterocycles. The molecule has 0 saturated carbocycles. The molecule has 0 radical (unpaired) electrons. The van der Waals surface area contributed by atoms with E-state index in [-0.39, 0.29) is 29.6 Å². The maximum atomic E-state index is 13.7. The Labute approximate surface area is 217 Å². The van der Waals surface area contributed by atoms with Gasteiger partial charge in [-0.15, -0.1) is 0 Å². The van der Waals surface area contributed by atoms with Crippen molar-refractivity contribution in [3.8, 4) is 16.9 Å². The van der Waals surface area contributed by atoms with Crippen molar-refractivity contribution in [2.45, 2.75) is 26.4 Å². The third-order valence-electron chi connectivity index (χ3n) is 6.10. The van der Waals surface area contributed by atoms with Gasteiger partial charge < -0.3 is 15.1 Å². The summed E-state index contributed by atoms with van der Waals surface area (Å²) in [4.78, 5) is 26.7. The highest BCUT2D eigenvalue weighted by atomic mass is 79.9. The number of carbonyl (C=O) groups is 2. The normalized spacial score (nSPS) is 16.7. The summed E-state index contributed by atoms with van der Waals surface area (Å²) in [5.41, 5.74) is 1.78. The van der Waals surface area contributed by atoms with Crippen LogP contribution < -0.4 is 0 Å². The molecule has 1 unspecified atom stereocenters. The van der Waals surface area contributed by atoms with Gasteiger partial charge in [-0.05, 0) is 60.9 Å². The zero-order valence-corrected chi connectivity index (χ0v) is 21.0. The third-order valence-corrected chi connectivity index (χ3v) is 6.69. The Morgan fingerprint density at radius 3 is 2.44 bits per heavy atom. The minimum Gasteiger partial charge on any atom is -0.507 e. The van der Waals surface area contributed by atoms with Crippen LogP contribution in [0.2, 0.25) is 0 Å². The number of carboxylic acid groups (broad SMARTS) is 1. The standard InChI is InChI=1S/C29H23BrFNO4/c1-29(14-12-23(30)13-15-29)28(36)32(18-20-4-9-24(31)10-5-20)17-19-2-6-21(7-3-19)22-8-11-26(33)25(16-22)27(34)35/h2,4-6,8-14,16,33H,15,17-18H2,1H3,(H,34,35). The second-order valence-electron chi connectivity index (χ2n) is 8.89. The molecule has 1 aliphatic carbocycles. The van der Waals surface area contributed by atoms with E-state index in [1.54, 1.807) is 35.2 Å². The molecule has 0 saturated heterocycles. The molecular weight excluding hydrogens is 525 g/mol. The van der Waals surface area contributed by atoms with E-state index < -0.39 is 11.4 Å². The summed E-state index contributed by atoms with van der Waals surface area (Å²) in [7, 11) is 0. The molecule has 182 valence electrons. The van der Waals surface area contributed by atoms with E-state index in [4.69, 9.17) is 0 Å². The van der Waals surface area contributed by atoms with Crippen LogP contribution in [0.4, 0.5) is 4.39 Å². The van der Waals surface area contributed by atoms with Gasteiger partial charge >= 0.3 is 5.97 Å². The van der Waals surface area contributed by atoms with Gasteiger partial charge in [0.1, 0.15) is 17.1 Å². The fourth-order valence-corrected chi connectivity index (χ4v) is 4.29. The van der Waals surface area contributed by atoms with E-state index in [0.29, 0.717) is 29.7 Å². The number of amides is 1. The van der Waals surface area contributed by atoms with Crippen molar-refractivity contribution in [3.63, 3.8) is 0 Å². The SMILES string of the molecule is CC1(C(=O)N(Cc2c#cc(-c3ccc(O)c(C(=O)O)c3)cc2)Cc2ccc(F)cc2)C=CC(Br)=CC1. The molecule has 3 aromatic carbocycles. The van der Waals surface area contributed by atoms with Crippen LogP contribution in [0.5, 0.6) is 5.75 Å².